The van der Waals surface area contributed by atoms with Gasteiger partial charge in [-0.3, -0.25) is 19.3 Å². The van der Waals surface area contributed by atoms with E-state index >= 15 is 0 Å². The molecule has 0 aliphatic rings. The lowest BCUT2D eigenvalue weighted by Gasteiger charge is -2.04. The molecule has 0 fully saturated rings. The van der Waals surface area contributed by atoms with Crippen molar-refractivity contribution in [2.24, 2.45) is 0 Å². The van der Waals surface area contributed by atoms with Gasteiger partial charge in [0.05, 0.1) is 28.5 Å². The van der Waals surface area contributed by atoms with Crippen LogP contribution in [0.5, 0.6) is 0 Å². The number of hydrogen-bond acceptors (Lipinski definition) is 6. The van der Waals surface area contributed by atoms with E-state index in [1.165, 1.54) is 35.6 Å². The van der Waals surface area contributed by atoms with Gasteiger partial charge in [-0.15, -0.1) is 11.3 Å². The van der Waals surface area contributed by atoms with Crippen LogP contribution in [0.2, 0.25) is 0 Å². The summed E-state index contributed by atoms with van der Waals surface area (Å²) >= 11 is 1.39. The summed E-state index contributed by atoms with van der Waals surface area (Å²) in [6, 6.07) is 6.91. The number of nitrogens with zero attached hydrogens (tertiary/aromatic N) is 3. The molecule has 0 amide bonds. The SMILES string of the molecule is Cc1cn2c(/C=C/C(=O)c3cc(F)cc(F)c3)c(-c3ccc(CO)c([N+](=O)[O-])c3)nc2s1. The van der Waals surface area contributed by atoms with E-state index in [4.69, 9.17) is 0 Å². The molecule has 0 spiro atoms. The second-order valence-electron chi connectivity index (χ2n) is 6.95. The van der Waals surface area contributed by atoms with Crippen molar-refractivity contribution in [2.45, 2.75) is 13.5 Å². The van der Waals surface area contributed by atoms with Crippen LogP contribution in [0.1, 0.15) is 26.5 Å². The molecule has 0 bridgehead atoms. The van der Waals surface area contributed by atoms with Crippen LogP contribution in [0.3, 0.4) is 0 Å². The van der Waals surface area contributed by atoms with Gasteiger partial charge in [0, 0.05) is 34.3 Å². The Morgan fingerprint density at radius 3 is 2.62 bits per heavy atom. The number of carbonyl (C=O) groups is 1. The molecule has 7 nitrogen and oxygen atoms in total. The van der Waals surface area contributed by atoms with Crippen LogP contribution in [0.15, 0.2) is 48.7 Å². The van der Waals surface area contributed by atoms with E-state index in [-0.39, 0.29) is 16.8 Å². The number of carbonyl (C=O) groups excluding carboxylic acids is 1. The van der Waals surface area contributed by atoms with Crippen molar-refractivity contribution in [1.29, 1.82) is 0 Å². The van der Waals surface area contributed by atoms with Crippen molar-refractivity contribution in [2.75, 3.05) is 0 Å². The van der Waals surface area contributed by atoms with Gasteiger partial charge < -0.3 is 5.11 Å². The van der Waals surface area contributed by atoms with E-state index < -0.39 is 28.9 Å². The maximum absolute atomic E-state index is 13.5. The molecule has 0 unspecified atom stereocenters. The van der Waals surface area contributed by atoms with Crippen molar-refractivity contribution in [3.63, 3.8) is 0 Å². The maximum Gasteiger partial charge on any atom is 0.275 e. The number of hydrogen-bond donors (Lipinski definition) is 1. The van der Waals surface area contributed by atoms with Crippen molar-refractivity contribution in [3.05, 3.63) is 92.1 Å². The quantitative estimate of drug-likeness (QED) is 0.192. The molecule has 0 radical (unpaired) electrons. The molecule has 2 aromatic carbocycles. The van der Waals surface area contributed by atoms with Crippen LogP contribution >= 0.6 is 11.3 Å². The zero-order valence-corrected chi connectivity index (χ0v) is 17.4. The number of imidazole rings is 1. The van der Waals surface area contributed by atoms with E-state index in [1.807, 2.05) is 6.92 Å². The number of rotatable bonds is 6. The van der Waals surface area contributed by atoms with E-state index in [0.29, 0.717) is 28.0 Å². The molecule has 10 heteroatoms. The summed E-state index contributed by atoms with van der Waals surface area (Å²) in [4.78, 5) is 29.4. The lowest BCUT2D eigenvalue weighted by Crippen LogP contribution is -1.98. The Balaban J connectivity index is 1.82. The molecule has 0 aliphatic heterocycles. The van der Waals surface area contributed by atoms with Gasteiger partial charge in [0.15, 0.2) is 10.7 Å². The number of aryl methyl sites for hydroxylation is 1. The topological polar surface area (TPSA) is 97.7 Å². The standard InChI is InChI=1S/C22H15F2N3O4S/c1-12-10-26-18(4-5-20(29)15-6-16(23)9-17(24)7-15)21(25-22(26)32-12)13-2-3-14(11-28)19(8-13)27(30)31/h2-10,28H,11H2,1H3/b5-4+. The minimum Gasteiger partial charge on any atom is -0.391 e. The fourth-order valence-corrected chi connectivity index (χ4v) is 4.14. The Hall–Kier alpha value is -3.76. The van der Waals surface area contributed by atoms with Crippen molar-refractivity contribution >= 4 is 33.8 Å². The van der Waals surface area contributed by atoms with Crippen LogP contribution in [0.25, 0.3) is 22.3 Å². The Kier molecular flexibility index (Phi) is 5.64. The number of halogens is 2. The molecule has 32 heavy (non-hydrogen) atoms. The van der Waals surface area contributed by atoms with Crippen LogP contribution in [-0.4, -0.2) is 25.2 Å². The van der Waals surface area contributed by atoms with E-state index in [1.54, 1.807) is 16.7 Å². The number of allylic oxidation sites excluding steroid dienone is 1. The molecule has 0 atom stereocenters. The predicted molar refractivity (Wildman–Crippen MR) is 116 cm³/mol. The fraction of sp³-hybridized carbons (Fsp3) is 0.0909. The van der Waals surface area contributed by atoms with E-state index in [9.17, 15) is 28.8 Å². The Morgan fingerprint density at radius 1 is 1.25 bits per heavy atom. The van der Waals surface area contributed by atoms with Crippen LogP contribution in [0, 0.1) is 28.7 Å². The third-order valence-corrected chi connectivity index (χ3v) is 5.64. The number of fused-ring (bicyclic) bond motifs is 1. The normalized spacial score (nSPS) is 11.5. The van der Waals surface area contributed by atoms with E-state index in [0.717, 1.165) is 17.0 Å². The van der Waals surface area contributed by atoms with Crippen molar-refractivity contribution < 1.29 is 23.6 Å². The summed E-state index contributed by atoms with van der Waals surface area (Å²) in [6.07, 6.45) is 4.43. The summed E-state index contributed by atoms with van der Waals surface area (Å²) in [5, 5.41) is 20.8. The summed E-state index contributed by atoms with van der Waals surface area (Å²) in [6.45, 7) is 1.40. The van der Waals surface area contributed by atoms with Gasteiger partial charge in [-0.05, 0) is 37.3 Å². The minimum atomic E-state index is -0.862. The second-order valence-corrected chi connectivity index (χ2v) is 8.17. The first-order valence-electron chi connectivity index (χ1n) is 9.32. The number of aromatic nitrogens is 2. The molecule has 0 saturated carbocycles. The average molecular weight is 455 g/mol. The van der Waals surface area contributed by atoms with Crippen LogP contribution < -0.4 is 0 Å². The third-order valence-electron chi connectivity index (χ3n) is 4.74. The van der Waals surface area contributed by atoms with Gasteiger partial charge in [-0.1, -0.05) is 6.07 Å². The monoisotopic (exact) mass is 455 g/mol. The van der Waals surface area contributed by atoms with Gasteiger partial charge >= 0.3 is 0 Å². The maximum atomic E-state index is 13.5. The Labute approximate surface area is 184 Å². The minimum absolute atomic E-state index is 0.148. The highest BCUT2D eigenvalue weighted by molar-refractivity contribution is 7.17. The number of nitro benzene ring substituents is 1. The van der Waals surface area contributed by atoms with Crippen LogP contribution in [-0.2, 0) is 6.61 Å². The van der Waals surface area contributed by atoms with E-state index in [2.05, 4.69) is 4.98 Å². The first kappa shape index (κ1) is 21.5. The molecular weight excluding hydrogens is 440 g/mol. The molecule has 0 aliphatic carbocycles. The molecule has 2 aromatic heterocycles. The average Bonchev–Trinajstić information content (AvgIpc) is 3.26. The summed E-state index contributed by atoms with van der Waals surface area (Å²) in [5.74, 6) is -2.34. The molecule has 1 N–H and O–H groups in total. The Bertz CT molecular complexity index is 1390. The smallest absolute Gasteiger partial charge is 0.275 e. The predicted octanol–water partition coefficient (Wildman–Crippen LogP) is 4.95. The largest absolute Gasteiger partial charge is 0.391 e. The molecular formula is C22H15F2N3O4S. The lowest BCUT2D eigenvalue weighted by molar-refractivity contribution is -0.385. The van der Waals surface area contributed by atoms with Gasteiger partial charge in [-0.2, -0.15) is 0 Å². The molecule has 4 rings (SSSR count). The zero-order valence-electron chi connectivity index (χ0n) is 16.6. The number of thiazole rings is 1. The zero-order chi connectivity index (χ0) is 23.0. The number of nitro groups is 1. The highest BCUT2D eigenvalue weighted by atomic mass is 32.1. The highest BCUT2D eigenvalue weighted by Crippen LogP contribution is 2.32. The number of aliphatic hydroxyl groups excluding tert-OH is 1. The summed E-state index contributed by atoms with van der Waals surface area (Å²) in [7, 11) is 0. The van der Waals surface area contributed by atoms with Gasteiger partial charge in [-0.25, -0.2) is 13.8 Å². The lowest BCUT2D eigenvalue weighted by atomic mass is 10.0. The van der Waals surface area contributed by atoms with Crippen molar-refractivity contribution in [3.8, 4) is 11.3 Å². The molecule has 0 saturated heterocycles. The third kappa shape index (κ3) is 4.05. The first-order valence-corrected chi connectivity index (χ1v) is 10.1. The van der Waals surface area contributed by atoms with Gasteiger partial charge in [0.1, 0.15) is 11.6 Å². The number of aliphatic hydroxyl groups is 1. The summed E-state index contributed by atoms with van der Waals surface area (Å²) < 4.78 is 28.7. The molecule has 4 aromatic rings. The Morgan fingerprint density at radius 2 is 1.97 bits per heavy atom. The second kappa shape index (κ2) is 8.40. The van der Waals surface area contributed by atoms with Gasteiger partial charge in [0.2, 0.25) is 0 Å². The van der Waals surface area contributed by atoms with Gasteiger partial charge in [0.25, 0.3) is 5.69 Å². The molecule has 162 valence electrons. The fourth-order valence-electron chi connectivity index (χ4n) is 3.31. The van der Waals surface area contributed by atoms with Crippen LogP contribution in [0.4, 0.5) is 14.5 Å². The number of benzene rings is 2. The summed E-state index contributed by atoms with van der Waals surface area (Å²) in [5.41, 5.74) is 1.05. The number of ketones is 1. The highest BCUT2D eigenvalue weighted by Gasteiger charge is 2.19. The van der Waals surface area contributed by atoms with Crippen molar-refractivity contribution in [1.82, 2.24) is 9.38 Å². The molecule has 2 heterocycles. The first-order chi connectivity index (χ1) is 15.3.